The zero-order valence-electron chi connectivity index (χ0n) is 12.2. The van der Waals surface area contributed by atoms with Gasteiger partial charge >= 0.3 is 0 Å². The van der Waals surface area contributed by atoms with Gasteiger partial charge in [-0.05, 0) is 46.2 Å². The van der Waals surface area contributed by atoms with E-state index in [9.17, 15) is 0 Å². The third-order valence-electron chi connectivity index (χ3n) is 3.30. The van der Waals surface area contributed by atoms with Crippen molar-refractivity contribution in [1.82, 2.24) is 10.2 Å². The fourth-order valence-corrected chi connectivity index (χ4v) is 1.74. The summed E-state index contributed by atoms with van der Waals surface area (Å²) >= 11 is 0. The molecular weight excluding hydrogens is 196 g/mol. The van der Waals surface area contributed by atoms with E-state index >= 15 is 0 Å². The molecule has 0 amide bonds. The normalized spacial score (nSPS) is 15.8. The molecule has 0 aromatic heterocycles. The van der Waals surface area contributed by atoms with Gasteiger partial charge in [-0.3, -0.25) is 0 Å². The highest BCUT2D eigenvalue weighted by molar-refractivity contribution is 4.69. The molecule has 98 valence electrons. The zero-order valence-corrected chi connectivity index (χ0v) is 12.2. The molecule has 16 heavy (non-hydrogen) atoms. The number of nitrogens with zero attached hydrogens (tertiary/aromatic N) is 1. The van der Waals surface area contributed by atoms with Gasteiger partial charge in [-0.2, -0.15) is 0 Å². The first kappa shape index (κ1) is 15.9. The standard InChI is InChI=1S/C14H32N2/c1-7-8-13(4)15-11-14(5)16(6)10-9-12(2)3/h12-15H,7-11H2,1-6H3. The van der Waals surface area contributed by atoms with Crippen LogP contribution < -0.4 is 5.32 Å². The second-order valence-corrected chi connectivity index (χ2v) is 5.61. The Labute approximate surface area is 103 Å². The van der Waals surface area contributed by atoms with E-state index in [-0.39, 0.29) is 0 Å². The summed E-state index contributed by atoms with van der Waals surface area (Å²) in [5.41, 5.74) is 0. The third-order valence-corrected chi connectivity index (χ3v) is 3.30. The summed E-state index contributed by atoms with van der Waals surface area (Å²) in [7, 11) is 2.24. The topological polar surface area (TPSA) is 15.3 Å². The largest absolute Gasteiger partial charge is 0.313 e. The molecule has 0 aromatic rings. The molecule has 0 bridgehead atoms. The number of rotatable bonds is 9. The molecular formula is C14H32N2. The molecule has 2 atom stereocenters. The highest BCUT2D eigenvalue weighted by Gasteiger charge is 2.10. The van der Waals surface area contributed by atoms with Crippen LogP contribution in [0, 0.1) is 5.92 Å². The van der Waals surface area contributed by atoms with Crippen LogP contribution in [-0.2, 0) is 0 Å². The second-order valence-electron chi connectivity index (χ2n) is 5.61. The molecule has 2 unspecified atom stereocenters. The molecule has 0 rings (SSSR count). The van der Waals surface area contributed by atoms with Gasteiger partial charge in [0, 0.05) is 18.6 Å². The van der Waals surface area contributed by atoms with Crippen molar-refractivity contribution >= 4 is 0 Å². The lowest BCUT2D eigenvalue weighted by Crippen LogP contribution is -2.41. The van der Waals surface area contributed by atoms with Crippen molar-refractivity contribution in [1.29, 1.82) is 0 Å². The van der Waals surface area contributed by atoms with Crippen LogP contribution in [0.1, 0.15) is 53.9 Å². The molecule has 2 heteroatoms. The van der Waals surface area contributed by atoms with Crippen molar-refractivity contribution < 1.29 is 0 Å². The van der Waals surface area contributed by atoms with Gasteiger partial charge in [0.25, 0.3) is 0 Å². The average molecular weight is 228 g/mol. The van der Waals surface area contributed by atoms with Crippen molar-refractivity contribution in [3.8, 4) is 0 Å². The highest BCUT2D eigenvalue weighted by Crippen LogP contribution is 2.04. The summed E-state index contributed by atoms with van der Waals surface area (Å²) in [6, 6.07) is 1.30. The molecule has 0 saturated carbocycles. The summed E-state index contributed by atoms with van der Waals surface area (Å²) < 4.78 is 0. The van der Waals surface area contributed by atoms with Gasteiger partial charge in [-0.15, -0.1) is 0 Å². The van der Waals surface area contributed by atoms with E-state index in [1.54, 1.807) is 0 Å². The van der Waals surface area contributed by atoms with E-state index in [0.717, 1.165) is 12.5 Å². The molecule has 0 fully saturated rings. The van der Waals surface area contributed by atoms with Gasteiger partial charge in [-0.25, -0.2) is 0 Å². The molecule has 0 aliphatic carbocycles. The maximum atomic E-state index is 3.61. The fraction of sp³-hybridized carbons (Fsp3) is 1.00. The second kappa shape index (κ2) is 9.00. The fourth-order valence-electron chi connectivity index (χ4n) is 1.74. The van der Waals surface area contributed by atoms with E-state index in [4.69, 9.17) is 0 Å². The Morgan fingerprint density at radius 3 is 2.19 bits per heavy atom. The number of hydrogen-bond acceptors (Lipinski definition) is 2. The highest BCUT2D eigenvalue weighted by atomic mass is 15.1. The minimum atomic E-state index is 0.637. The molecule has 0 radical (unpaired) electrons. The molecule has 0 saturated heterocycles. The Kier molecular flexibility index (Phi) is 8.96. The summed E-state index contributed by atoms with van der Waals surface area (Å²) in [4.78, 5) is 2.46. The number of hydrogen-bond donors (Lipinski definition) is 1. The van der Waals surface area contributed by atoms with Gasteiger partial charge in [0.15, 0.2) is 0 Å². The van der Waals surface area contributed by atoms with E-state index in [0.29, 0.717) is 12.1 Å². The van der Waals surface area contributed by atoms with Crippen LogP contribution in [0.5, 0.6) is 0 Å². The van der Waals surface area contributed by atoms with E-state index in [2.05, 4.69) is 51.9 Å². The summed E-state index contributed by atoms with van der Waals surface area (Å²) in [6.07, 6.45) is 3.85. The van der Waals surface area contributed by atoms with Crippen molar-refractivity contribution in [3.05, 3.63) is 0 Å². The molecule has 0 aliphatic rings. The number of likely N-dealkylation sites (N-methyl/N-ethyl adjacent to an activating group) is 1. The predicted octanol–water partition coefficient (Wildman–Crippen LogP) is 3.13. The van der Waals surface area contributed by atoms with Gasteiger partial charge in [0.2, 0.25) is 0 Å². The summed E-state index contributed by atoms with van der Waals surface area (Å²) in [5, 5.41) is 3.61. The minimum Gasteiger partial charge on any atom is -0.313 e. The molecule has 0 heterocycles. The van der Waals surface area contributed by atoms with Crippen LogP contribution >= 0.6 is 0 Å². The summed E-state index contributed by atoms with van der Waals surface area (Å²) in [6.45, 7) is 13.7. The van der Waals surface area contributed by atoms with Crippen molar-refractivity contribution in [2.45, 2.75) is 66.0 Å². The van der Waals surface area contributed by atoms with Gasteiger partial charge < -0.3 is 10.2 Å². The summed E-state index contributed by atoms with van der Waals surface area (Å²) in [5.74, 6) is 0.807. The Hall–Kier alpha value is -0.0800. The Balaban J connectivity index is 3.65. The first-order valence-corrected chi connectivity index (χ1v) is 6.91. The van der Waals surface area contributed by atoms with Crippen molar-refractivity contribution in [3.63, 3.8) is 0 Å². The molecule has 2 nitrogen and oxygen atoms in total. The van der Waals surface area contributed by atoms with E-state index in [1.807, 2.05) is 0 Å². The number of nitrogens with one attached hydrogen (secondary N) is 1. The SMILES string of the molecule is CCCC(C)NCC(C)N(C)CCC(C)C. The maximum absolute atomic E-state index is 3.61. The van der Waals surface area contributed by atoms with E-state index in [1.165, 1.54) is 25.8 Å². The van der Waals surface area contributed by atoms with Crippen molar-refractivity contribution in [2.24, 2.45) is 5.92 Å². The smallest absolute Gasteiger partial charge is 0.0189 e. The maximum Gasteiger partial charge on any atom is 0.0189 e. The lowest BCUT2D eigenvalue weighted by molar-refractivity contribution is 0.232. The predicted molar refractivity (Wildman–Crippen MR) is 73.9 cm³/mol. The van der Waals surface area contributed by atoms with Gasteiger partial charge in [-0.1, -0.05) is 27.2 Å². The van der Waals surface area contributed by atoms with Crippen LogP contribution in [0.25, 0.3) is 0 Å². The first-order chi connectivity index (χ1) is 7.47. The van der Waals surface area contributed by atoms with Gasteiger partial charge in [0.1, 0.15) is 0 Å². The lowest BCUT2D eigenvalue weighted by atomic mass is 10.1. The molecule has 1 N–H and O–H groups in total. The lowest BCUT2D eigenvalue weighted by Gasteiger charge is -2.27. The quantitative estimate of drug-likeness (QED) is 0.652. The van der Waals surface area contributed by atoms with Crippen molar-refractivity contribution in [2.75, 3.05) is 20.1 Å². The zero-order chi connectivity index (χ0) is 12.6. The van der Waals surface area contributed by atoms with Crippen LogP contribution in [0.2, 0.25) is 0 Å². The van der Waals surface area contributed by atoms with Crippen LogP contribution in [-0.4, -0.2) is 37.1 Å². The van der Waals surface area contributed by atoms with E-state index < -0.39 is 0 Å². The Bertz CT molecular complexity index is 157. The third kappa shape index (κ3) is 8.12. The van der Waals surface area contributed by atoms with Crippen LogP contribution in [0.3, 0.4) is 0 Å². The Morgan fingerprint density at radius 2 is 1.69 bits per heavy atom. The minimum absolute atomic E-state index is 0.637. The Morgan fingerprint density at radius 1 is 1.06 bits per heavy atom. The monoisotopic (exact) mass is 228 g/mol. The average Bonchev–Trinajstić information content (AvgIpc) is 2.22. The van der Waals surface area contributed by atoms with Gasteiger partial charge in [0.05, 0.1) is 0 Å². The molecule has 0 aromatic carbocycles. The van der Waals surface area contributed by atoms with Crippen LogP contribution in [0.4, 0.5) is 0 Å². The van der Waals surface area contributed by atoms with Crippen LogP contribution in [0.15, 0.2) is 0 Å². The first-order valence-electron chi connectivity index (χ1n) is 6.91. The molecule has 0 spiro atoms. The molecule has 0 aliphatic heterocycles.